The number of aryl methyl sites for hydroxylation is 1. The van der Waals surface area contributed by atoms with E-state index in [4.69, 9.17) is 9.73 Å². The topological polar surface area (TPSA) is 62.7 Å². The summed E-state index contributed by atoms with van der Waals surface area (Å²) in [5.74, 6) is 1.83. The predicted molar refractivity (Wildman–Crippen MR) is 161 cm³/mol. The number of benzene rings is 2. The lowest BCUT2D eigenvalue weighted by molar-refractivity contribution is 0.104. The van der Waals surface area contributed by atoms with Crippen LogP contribution in [-0.2, 0) is 0 Å². The van der Waals surface area contributed by atoms with Crippen LogP contribution in [0.5, 0.6) is 5.75 Å². The van der Waals surface area contributed by atoms with Crippen LogP contribution in [0.3, 0.4) is 0 Å². The Labute approximate surface area is 232 Å². The lowest BCUT2D eigenvalue weighted by atomic mass is 9.86. The van der Waals surface area contributed by atoms with Crippen molar-refractivity contribution in [1.82, 2.24) is 5.32 Å². The quantitative estimate of drug-likeness (QED) is 0.218. The highest BCUT2D eigenvalue weighted by atomic mass is 16.5. The van der Waals surface area contributed by atoms with Gasteiger partial charge in [-0.15, -0.1) is 0 Å². The molecule has 2 heterocycles. The number of nitrogens with one attached hydrogen (secondary N) is 2. The highest BCUT2D eigenvalue weighted by Crippen LogP contribution is 2.37. The first kappa shape index (κ1) is 26.9. The number of nitrogens with zero attached hydrogens (tertiary/aromatic N) is 1. The number of carbonyl (C=O) groups is 1. The van der Waals surface area contributed by atoms with Crippen LogP contribution in [0.15, 0.2) is 89.7 Å². The fourth-order valence-electron chi connectivity index (χ4n) is 5.71. The van der Waals surface area contributed by atoms with Gasteiger partial charge in [0.15, 0.2) is 5.78 Å². The summed E-state index contributed by atoms with van der Waals surface area (Å²) >= 11 is 0. The van der Waals surface area contributed by atoms with Crippen LogP contribution in [0.25, 0.3) is 5.57 Å². The zero-order chi connectivity index (χ0) is 27.0. The highest BCUT2D eigenvalue weighted by molar-refractivity contribution is 6.12. The molecule has 2 aromatic rings. The zero-order valence-electron chi connectivity index (χ0n) is 23.1. The number of hydrogen-bond acceptors (Lipinski definition) is 5. The van der Waals surface area contributed by atoms with E-state index >= 15 is 0 Å². The summed E-state index contributed by atoms with van der Waals surface area (Å²) in [5.41, 5.74) is 7.22. The molecule has 5 nitrogen and oxygen atoms in total. The van der Waals surface area contributed by atoms with Crippen LogP contribution < -0.4 is 15.4 Å². The summed E-state index contributed by atoms with van der Waals surface area (Å²) in [5, 5.41) is 7.04. The van der Waals surface area contributed by atoms with Crippen LogP contribution in [0.2, 0.25) is 0 Å². The number of fused-ring (bicyclic) bond motifs is 1. The average Bonchev–Trinajstić information content (AvgIpc) is 3.41. The van der Waals surface area contributed by atoms with Gasteiger partial charge in [-0.1, -0.05) is 36.4 Å². The van der Waals surface area contributed by atoms with Crippen molar-refractivity contribution >= 4 is 22.8 Å². The molecule has 0 aromatic heterocycles. The number of rotatable bonds is 8. The molecule has 0 spiro atoms. The molecule has 2 aromatic carbocycles. The van der Waals surface area contributed by atoms with Crippen molar-refractivity contribution in [2.24, 2.45) is 16.8 Å². The molecule has 202 valence electrons. The van der Waals surface area contributed by atoms with Gasteiger partial charge in [0.05, 0.1) is 18.5 Å². The smallest absolute Gasteiger partial charge is 0.185 e. The second kappa shape index (κ2) is 12.9. The molecule has 1 saturated heterocycles. The third-order valence-corrected chi connectivity index (χ3v) is 7.96. The molecule has 1 fully saturated rings. The molecule has 0 saturated carbocycles. The zero-order valence-corrected chi connectivity index (χ0v) is 23.1. The van der Waals surface area contributed by atoms with Gasteiger partial charge < -0.3 is 15.4 Å². The Morgan fingerprint density at radius 1 is 1.10 bits per heavy atom. The van der Waals surface area contributed by atoms with Gasteiger partial charge in [-0.2, -0.15) is 0 Å². The molecule has 5 rings (SSSR count). The number of piperidine rings is 1. The maximum Gasteiger partial charge on any atom is 0.185 e. The van der Waals surface area contributed by atoms with Crippen LogP contribution in [0.1, 0.15) is 60.0 Å². The van der Waals surface area contributed by atoms with Gasteiger partial charge in [-0.05, 0) is 118 Å². The van der Waals surface area contributed by atoms with Gasteiger partial charge in [0, 0.05) is 23.4 Å². The molecule has 0 bridgehead atoms. The minimum absolute atomic E-state index is 0.0772. The van der Waals surface area contributed by atoms with E-state index in [1.54, 1.807) is 13.2 Å². The first-order valence-electron chi connectivity index (χ1n) is 14.2. The Bertz CT molecular complexity index is 1320. The molecule has 2 N–H and O–H groups in total. The summed E-state index contributed by atoms with van der Waals surface area (Å²) < 4.78 is 5.35. The SMILES string of the molecule is COc1ccc(C2=CN=C3/C(Nc4ccc(C(=O)/C=C/CC5CCNCC5)c(C)c4)=C/C/C=C\CCC23)cc1. The van der Waals surface area contributed by atoms with Crippen LogP contribution in [0.4, 0.5) is 5.69 Å². The van der Waals surface area contributed by atoms with Crippen molar-refractivity contribution in [1.29, 1.82) is 0 Å². The van der Waals surface area contributed by atoms with Gasteiger partial charge in [0.1, 0.15) is 5.75 Å². The second-order valence-corrected chi connectivity index (χ2v) is 10.6. The number of allylic oxidation sites excluding steroid dienone is 7. The van der Waals surface area contributed by atoms with Crippen LogP contribution >= 0.6 is 0 Å². The van der Waals surface area contributed by atoms with Crippen molar-refractivity contribution in [2.75, 3.05) is 25.5 Å². The minimum Gasteiger partial charge on any atom is -0.497 e. The Morgan fingerprint density at radius 2 is 1.92 bits per heavy atom. The van der Waals surface area contributed by atoms with E-state index in [9.17, 15) is 4.79 Å². The number of aliphatic imine (C=N–C) groups is 1. The van der Waals surface area contributed by atoms with Gasteiger partial charge in [0.2, 0.25) is 0 Å². The largest absolute Gasteiger partial charge is 0.497 e. The molecule has 2 aliphatic heterocycles. The first-order chi connectivity index (χ1) is 19.1. The van der Waals surface area contributed by atoms with Crippen LogP contribution in [0, 0.1) is 18.8 Å². The van der Waals surface area contributed by atoms with E-state index < -0.39 is 0 Å². The molecular formula is C34H39N3O2. The summed E-state index contributed by atoms with van der Waals surface area (Å²) in [6.45, 7) is 4.18. The van der Waals surface area contributed by atoms with E-state index in [0.717, 1.165) is 72.7 Å². The maximum absolute atomic E-state index is 12.9. The van der Waals surface area contributed by atoms with Gasteiger partial charge in [-0.3, -0.25) is 9.79 Å². The van der Waals surface area contributed by atoms with E-state index in [0.29, 0.717) is 5.92 Å². The fourth-order valence-corrected chi connectivity index (χ4v) is 5.71. The van der Waals surface area contributed by atoms with E-state index in [2.05, 4.69) is 53.1 Å². The van der Waals surface area contributed by atoms with Crippen molar-refractivity contribution in [3.8, 4) is 5.75 Å². The average molecular weight is 522 g/mol. The summed E-state index contributed by atoms with van der Waals surface area (Å²) in [4.78, 5) is 17.8. The lowest BCUT2D eigenvalue weighted by Crippen LogP contribution is -2.27. The van der Waals surface area contributed by atoms with Gasteiger partial charge >= 0.3 is 0 Å². The van der Waals surface area contributed by atoms with E-state index in [-0.39, 0.29) is 11.7 Å². The molecule has 3 aliphatic rings. The predicted octanol–water partition coefficient (Wildman–Crippen LogP) is 7.28. The minimum atomic E-state index is 0.0772. The van der Waals surface area contributed by atoms with Gasteiger partial charge in [0.25, 0.3) is 0 Å². The van der Waals surface area contributed by atoms with Crippen molar-refractivity contribution < 1.29 is 9.53 Å². The third kappa shape index (κ3) is 6.66. The molecule has 0 amide bonds. The number of ether oxygens (including phenoxy) is 1. The molecule has 1 aliphatic carbocycles. The third-order valence-electron chi connectivity index (χ3n) is 7.96. The molecule has 1 unspecified atom stereocenters. The number of ketones is 1. The van der Waals surface area contributed by atoms with Gasteiger partial charge in [-0.25, -0.2) is 0 Å². The number of methoxy groups -OCH3 is 1. The lowest BCUT2D eigenvalue weighted by Gasteiger charge is -2.21. The van der Waals surface area contributed by atoms with E-state index in [1.165, 1.54) is 24.0 Å². The number of hydrogen-bond donors (Lipinski definition) is 2. The number of carbonyl (C=O) groups excluding carboxylic acids is 1. The summed E-state index contributed by atoms with van der Waals surface area (Å²) in [7, 11) is 1.69. The first-order valence-corrected chi connectivity index (χ1v) is 14.2. The molecule has 5 heteroatoms. The molecular weight excluding hydrogens is 482 g/mol. The Balaban J connectivity index is 1.29. The van der Waals surface area contributed by atoms with Crippen LogP contribution in [-0.4, -0.2) is 31.7 Å². The maximum atomic E-state index is 12.9. The number of anilines is 1. The van der Waals surface area contributed by atoms with Crippen molar-refractivity contribution in [3.63, 3.8) is 0 Å². The standard InChI is InChI=1S/C34H39N3O2/c1-24-22-27(14-17-29(24)33(38)11-7-8-25-18-20-35-21-19-25)37-32-10-6-4-3-5-9-30-31(23-36-34(30)32)26-12-15-28(39-2)16-13-26/h3-4,7,10-17,22-23,25,30,35,37H,5-6,8-9,18-21H2,1-2H3/b4-3-,11-7+,32-10-. The molecule has 1 atom stereocenters. The Kier molecular flexibility index (Phi) is 8.89. The Hall–Kier alpha value is -3.70. The summed E-state index contributed by atoms with van der Waals surface area (Å²) in [6, 6.07) is 14.3. The second-order valence-electron chi connectivity index (χ2n) is 10.6. The fraction of sp³-hybridized carbons (Fsp3) is 0.353. The summed E-state index contributed by atoms with van der Waals surface area (Å²) in [6.07, 6.45) is 18.8. The highest BCUT2D eigenvalue weighted by Gasteiger charge is 2.28. The normalized spacial score (nSPS) is 22.0. The van der Waals surface area contributed by atoms with Crippen molar-refractivity contribution in [2.45, 2.75) is 45.4 Å². The van der Waals surface area contributed by atoms with Crippen molar-refractivity contribution in [3.05, 3.63) is 101 Å². The molecule has 0 radical (unpaired) electrons. The Morgan fingerprint density at radius 3 is 2.69 bits per heavy atom. The monoisotopic (exact) mass is 521 g/mol. The molecule has 39 heavy (non-hydrogen) atoms. The van der Waals surface area contributed by atoms with E-state index in [1.807, 2.05) is 37.4 Å².